The molecule has 0 aliphatic carbocycles. The largest absolute Gasteiger partial charge is 0.497 e. The Hall–Kier alpha value is -7.56. The number of rotatable bonds is 14. The van der Waals surface area contributed by atoms with Gasteiger partial charge in [-0.15, -0.1) is 6.42 Å². The zero-order chi connectivity index (χ0) is 50.6. The van der Waals surface area contributed by atoms with Crippen molar-refractivity contribution in [3.05, 3.63) is 139 Å². The number of methoxy groups -OCH3 is 2. The third kappa shape index (κ3) is 12.1. The van der Waals surface area contributed by atoms with E-state index in [1.54, 1.807) is 37.2 Å². The molecule has 5 N–H and O–H groups in total. The van der Waals surface area contributed by atoms with Gasteiger partial charge in [0.05, 0.1) is 43.2 Å². The molecule has 0 spiro atoms. The molecule has 4 heterocycles. The highest BCUT2D eigenvalue weighted by Crippen LogP contribution is 2.35. The van der Waals surface area contributed by atoms with Gasteiger partial charge in [-0.05, 0) is 147 Å². The van der Waals surface area contributed by atoms with Crippen LogP contribution in [0.2, 0.25) is 0 Å². The van der Waals surface area contributed by atoms with Gasteiger partial charge in [-0.3, -0.25) is 27.1 Å². The maximum absolute atomic E-state index is 13.0. The molecule has 2 fully saturated rings. The Morgan fingerprint density at radius 2 is 1.46 bits per heavy atom. The Kier molecular flexibility index (Phi) is 17.0. The first-order valence-electron chi connectivity index (χ1n) is 23.8. The van der Waals surface area contributed by atoms with Crippen molar-refractivity contribution in [2.45, 2.75) is 49.2 Å². The van der Waals surface area contributed by atoms with Crippen molar-refractivity contribution in [1.82, 2.24) is 14.5 Å². The summed E-state index contributed by atoms with van der Waals surface area (Å²) in [7, 11) is 1.42. The van der Waals surface area contributed by atoms with Gasteiger partial charge in [0.25, 0.3) is 5.91 Å². The van der Waals surface area contributed by atoms with Gasteiger partial charge < -0.3 is 36.1 Å². The van der Waals surface area contributed by atoms with Crippen LogP contribution in [-0.4, -0.2) is 93.1 Å². The van der Waals surface area contributed by atoms with Crippen LogP contribution in [0.4, 0.5) is 22.7 Å². The van der Waals surface area contributed by atoms with Gasteiger partial charge in [-0.25, -0.2) is 0 Å². The zero-order valence-corrected chi connectivity index (χ0v) is 42.4. The van der Waals surface area contributed by atoms with E-state index in [2.05, 4.69) is 81.3 Å². The van der Waals surface area contributed by atoms with Crippen LogP contribution in [-0.2, 0) is 28.1 Å². The molecule has 2 aliphatic heterocycles. The van der Waals surface area contributed by atoms with Crippen LogP contribution in [0.25, 0.3) is 33.1 Å². The first kappa shape index (κ1) is 50.8. The van der Waals surface area contributed by atoms with Gasteiger partial charge in [-0.2, -0.15) is 0 Å². The predicted octanol–water partition coefficient (Wildman–Crippen LogP) is 9.37. The SMILES string of the molecule is C#CC(=O)n1c(C#CCNc2ccc(S(C)=O)cc2OC)cc2c(NC3CCNCC3)cccc21.C=CC(=O)n1c(-c2ccc(CNc3ccc(OC)cc3)cc2)cc2c(NC3CCS(=O)CC3)cccc21. The molecule has 370 valence electrons. The Bertz CT molecular complexity index is 3240. The number of carbonyl (C=O) groups excluding carboxylic acids is 2. The van der Waals surface area contributed by atoms with Gasteiger partial charge in [0.2, 0.25) is 0 Å². The number of hydrogen-bond donors (Lipinski definition) is 5. The normalized spacial score (nSPS) is 15.9. The second-order valence-corrected chi connectivity index (χ2v) is 20.5. The zero-order valence-electron chi connectivity index (χ0n) is 40.7. The Morgan fingerprint density at radius 1 is 0.806 bits per heavy atom. The fourth-order valence-corrected chi connectivity index (χ4v) is 10.8. The summed E-state index contributed by atoms with van der Waals surface area (Å²) in [4.78, 5) is 26.3. The summed E-state index contributed by atoms with van der Waals surface area (Å²) in [6.07, 6.45) is 12.3. The maximum Gasteiger partial charge on any atom is 0.307 e. The lowest BCUT2D eigenvalue weighted by Crippen LogP contribution is -2.35. The summed E-state index contributed by atoms with van der Waals surface area (Å²) >= 11 is 0. The summed E-state index contributed by atoms with van der Waals surface area (Å²) in [5.41, 5.74) is 8.75. The van der Waals surface area contributed by atoms with Crippen molar-refractivity contribution < 1.29 is 27.5 Å². The molecule has 1 atom stereocenters. The number of aromatic nitrogens is 2. The highest BCUT2D eigenvalue weighted by Gasteiger charge is 2.22. The molecule has 2 aliphatic rings. The lowest BCUT2D eigenvalue weighted by Gasteiger charge is -2.25. The molecule has 72 heavy (non-hydrogen) atoms. The molecule has 15 heteroatoms. The van der Waals surface area contributed by atoms with E-state index in [0.717, 1.165) is 117 Å². The van der Waals surface area contributed by atoms with E-state index in [9.17, 15) is 18.0 Å². The third-order valence-electron chi connectivity index (χ3n) is 12.8. The molecule has 1 unspecified atom stereocenters. The van der Waals surface area contributed by atoms with E-state index in [1.807, 2.05) is 72.8 Å². The first-order chi connectivity index (χ1) is 35.1. The molecule has 13 nitrogen and oxygen atoms in total. The van der Waals surface area contributed by atoms with Crippen LogP contribution in [0.15, 0.2) is 133 Å². The van der Waals surface area contributed by atoms with Crippen LogP contribution in [0.3, 0.4) is 0 Å². The van der Waals surface area contributed by atoms with Crippen LogP contribution >= 0.6 is 0 Å². The van der Waals surface area contributed by atoms with Gasteiger partial charge >= 0.3 is 5.91 Å². The molecule has 0 amide bonds. The number of terminal acetylenes is 1. The minimum Gasteiger partial charge on any atom is -0.497 e. The van der Waals surface area contributed by atoms with E-state index in [4.69, 9.17) is 15.9 Å². The lowest BCUT2D eigenvalue weighted by atomic mass is 10.1. The second kappa shape index (κ2) is 24.0. The molecule has 2 aromatic heterocycles. The minimum absolute atomic E-state index is 0.166. The van der Waals surface area contributed by atoms with Crippen molar-refractivity contribution in [3.63, 3.8) is 0 Å². The summed E-state index contributed by atoms with van der Waals surface area (Å²) < 4.78 is 37.3. The quantitative estimate of drug-likeness (QED) is 0.0523. The van der Waals surface area contributed by atoms with Crippen LogP contribution in [0.5, 0.6) is 11.5 Å². The highest BCUT2D eigenvalue weighted by molar-refractivity contribution is 7.85. The summed E-state index contributed by atoms with van der Waals surface area (Å²) in [6.45, 7) is 6.69. The third-order valence-corrected chi connectivity index (χ3v) is 15.1. The number of carbonyl (C=O) groups is 2. The molecule has 0 bridgehead atoms. The average molecular weight is 1000 g/mol. The number of ether oxygens (including phenoxy) is 2. The van der Waals surface area contributed by atoms with Crippen molar-refractivity contribution in [2.24, 2.45) is 0 Å². The van der Waals surface area contributed by atoms with Crippen molar-refractivity contribution in [2.75, 3.05) is 72.9 Å². The number of anilines is 4. The van der Waals surface area contributed by atoms with E-state index in [0.29, 0.717) is 35.5 Å². The molecule has 7 aromatic rings. The number of allylic oxidation sites excluding steroid dienone is 1. The molecular formula is C57H59N7O6S2. The van der Waals surface area contributed by atoms with Crippen LogP contribution in [0, 0.1) is 24.2 Å². The molecule has 0 saturated carbocycles. The molecule has 5 aromatic carbocycles. The topological polar surface area (TPSA) is 157 Å². The smallest absolute Gasteiger partial charge is 0.307 e. The summed E-state index contributed by atoms with van der Waals surface area (Å²) in [5.74, 6) is 10.6. The Balaban J connectivity index is 0.000000193. The standard InChI is InChI=1S/C30H31N3O3S.C27H28N4O3S/c1-3-30(34)33-28-6-4-5-27(32-24-15-17-37(35)18-16-24)26(28)19-29(33)22-9-7-21(8-10-22)20-31-23-11-13-25(36-2)14-12-23;1-4-27(32)31-20(7-6-14-29-24-11-10-21(35(3)33)18-26(24)34-2)17-22-23(8-5-9-25(22)31)30-19-12-15-28-16-13-19/h3-14,19,24,31-32H,1,15-18,20H2,2H3;1,5,8-11,17-19,28-30H,12-16H2,2-3H3. The number of nitrogens with one attached hydrogen (secondary N) is 5. The number of hydrogen-bond acceptors (Lipinski definition) is 11. The predicted molar refractivity (Wildman–Crippen MR) is 295 cm³/mol. The molecule has 2 saturated heterocycles. The van der Waals surface area contributed by atoms with Gasteiger partial charge in [-0.1, -0.05) is 48.9 Å². The van der Waals surface area contributed by atoms with Gasteiger partial charge in [0.15, 0.2) is 0 Å². The number of fused-ring (bicyclic) bond motifs is 2. The highest BCUT2D eigenvalue weighted by atomic mass is 32.2. The van der Waals surface area contributed by atoms with E-state index < -0.39 is 27.5 Å². The van der Waals surface area contributed by atoms with Crippen LogP contribution < -0.4 is 36.1 Å². The van der Waals surface area contributed by atoms with Crippen molar-refractivity contribution in [3.8, 4) is 46.9 Å². The van der Waals surface area contributed by atoms with Gasteiger partial charge in [0, 0.05) is 90.7 Å². The molecule has 9 rings (SSSR count). The van der Waals surface area contributed by atoms with E-state index in [-0.39, 0.29) is 11.9 Å². The second-order valence-electron chi connectivity index (χ2n) is 17.4. The fraction of sp³-hybridized carbons (Fsp3) is 0.263. The van der Waals surface area contributed by atoms with E-state index in [1.165, 1.54) is 10.6 Å². The molecule has 0 radical (unpaired) electrons. The first-order valence-corrected chi connectivity index (χ1v) is 26.9. The summed E-state index contributed by atoms with van der Waals surface area (Å²) in [6, 6.07) is 37.9. The summed E-state index contributed by atoms with van der Waals surface area (Å²) in [5, 5.41) is 19.2. The lowest BCUT2D eigenvalue weighted by molar-refractivity contribution is 0.0970. The van der Waals surface area contributed by atoms with E-state index >= 15 is 0 Å². The fourth-order valence-electron chi connectivity index (χ4n) is 8.95. The number of piperidine rings is 1. The Labute approximate surface area is 426 Å². The number of nitrogens with zero attached hydrogens (tertiary/aromatic N) is 2. The number of benzene rings is 5. The monoisotopic (exact) mass is 1000 g/mol. The van der Waals surface area contributed by atoms with Gasteiger partial charge in [0.1, 0.15) is 17.2 Å². The minimum atomic E-state index is -1.10. The maximum atomic E-state index is 13.0. The molecular weight excluding hydrogens is 943 g/mol. The van der Waals surface area contributed by atoms with Crippen LogP contribution in [0.1, 0.15) is 46.5 Å². The average Bonchev–Trinajstić information content (AvgIpc) is 4.00. The van der Waals surface area contributed by atoms with Crippen molar-refractivity contribution in [1.29, 1.82) is 0 Å². The Morgan fingerprint density at radius 3 is 2.08 bits per heavy atom. The van der Waals surface area contributed by atoms with Crippen molar-refractivity contribution >= 4 is 78.0 Å².